The number of furan rings is 2. The smallest absolute Gasteiger partial charge is 0.103 e. The van der Waals surface area contributed by atoms with E-state index in [0.717, 1.165) is 43.9 Å². The highest BCUT2D eigenvalue weighted by Gasteiger charge is 2.24. The summed E-state index contributed by atoms with van der Waals surface area (Å²) in [6, 6.07) is 15.6. The first-order valence-electron chi connectivity index (χ1n) is 10.7. The molecule has 0 amide bonds. The molecule has 34 heavy (non-hydrogen) atoms. The summed E-state index contributed by atoms with van der Waals surface area (Å²) in [6.07, 6.45) is 8.44. The standard InChI is InChI=1S/C14H15ClN2OSi.C11H7ClN2O/c1-19(2,3)14-12(15)5-4-11-8-13(16-17(11)14)10-6-7-18-9-10;12-9-1-2-10-5-11(13-14(10)6-9)8-3-4-15-7-8/h4-9H,1-3H3;1-7H. The molecule has 172 valence electrons. The van der Waals surface area contributed by atoms with Gasteiger partial charge in [-0.15, -0.1) is 0 Å². The molecule has 0 aliphatic heterocycles. The van der Waals surface area contributed by atoms with Gasteiger partial charge < -0.3 is 8.83 Å². The van der Waals surface area contributed by atoms with Gasteiger partial charge in [0.15, 0.2) is 0 Å². The molecule has 0 spiro atoms. The van der Waals surface area contributed by atoms with E-state index in [0.29, 0.717) is 5.02 Å². The van der Waals surface area contributed by atoms with Crippen LogP contribution in [-0.4, -0.2) is 27.3 Å². The van der Waals surface area contributed by atoms with Crippen LogP contribution in [0.3, 0.4) is 0 Å². The summed E-state index contributed by atoms with van der Waals surface area (Å²) in [5.74, 6) is 0. The largest absolute Gasteiger partial charge is 0.472 e. The second-order valence-electron chi connectivity index (χ2n) is 8.92. The molecule has 6 aromatic rings. The SMILES string of the molecule is C[Si](C)(C)c1c(Cl)ccc2cc(-c3ccoc3)nn12.Clc1ccc2cc(-c3ccoc3)nn2c1. The van der Waals surface area contributed by atoms with Gasteiger partial charge in [0.1, 0.15) is 8.07 Å². The Hall–Kier alpha value is -3.26. The molecule has 0 unspecified atom stereocenters. The summed E-state index contributed by atoms with van der Waals surface area (Å²) in [4.78, 5) is 0. The number of aromatic nitrogens is 4. The van der Waals surface area contributed by atoms with Crippen molar-refractivity contribution in [1.82, 2.24) is 19.2 Å². The van der Waals surface area contributed by atoms with Crippen LogP contribution in [0.1, 0.15) is 0 Å². The Labute approximate surface area is 207 Å². The first-order valence-corrected chi connectivity index (χ1v) is 14.9. The first kappa shape index (κ1) is 22.5. The van der Waals surface area contributed by atoms with E-state index >= 15 is 0 Å². The lowest BCUT2D eigenvalue weighted by molar-refractivity contribution is 0.568. The van der Waals surface area contributed by atoms with E-state index < -0.39 is 8.07 Å². The first-order chi connectivity index (χ1) is 16.3. The molecule has 0 atom stereocenters. The van der Waals surface area contributed by atoms with Gasteiger partial charge in [-0.05, 0) is 48.5 Å². The third-order valence-electron chi connectivity index (χ3n) is 5.34. The van der Waals surface area contributed by atoms with Crippen LogP contribution in [0.25, 0.3) is 33.5 Å². The average Bonchev–Trinajstić information content (AvgIpc) is 3.58. The van der Waals surface area contributed by atoms with E-state index in [1.54, 1.807) is 35.8 Å². The maximum atomic E-state index is 6.38. The average molecular weight is 509 g/mol. The van der Waals surface area contributed by atoms with Crippen LogP contribution in [0, 0.1) is 0 Å². The number of nitrogens with zero attached hydrogens (tertiary/aromatic N) is 4. The zero-order valence-electron chi connectivity index (χ0n) is 18.9. The van der Waals surface area contributed by atoms with E-state index in [-0.39, 0.29) is 0 Å². The number of fused-ring (bicyclic) bond motifs is 2. The van der Waals surface area contributed by atoms with Gasteiger partial charge >= 0.3 is 0 Å². The molecule has 6 rings (SSSR count). The molecule has 0 saturated carbocycles. The Bertz CT molecular complexity index is 1560. The van der Waals surface area contributed by atoms with Gasteiger partial charge in [0.05, 0.1) is 57.5 Å². The molecule has 6 aromatic heterocycles. The molecule has 6 heterocycles. The molecule has 0 N–H and O–H groups in total. The lowest BCUT2D eigenvalue weighted by atomic mass is 10.2. The number of rotatable bonds is 3. The fourth-order valence-electron chi connectivity index (χ4n) is 3.77. The Morgan fingerprint density at radius 3 is 2.00 bits per heavy atom. The lowest BCUT2D eigenvalue weighted by Gasteiger charge is -2.19. The van der Waals surface area contributed by atoms with E-state index in [2.05, 4.69) is 35.9 Å². The summed E-state index contributed by atoms with van der Waals surface area (Å²) in [7, 11) is -1.57. The molecule has 0 saturated heterocycles. The highest BCUT2D eigenvalue weighted by atomic mass is 35.5. The normalized spacial score (nSPS) is 11.7. The summed E-state index contributed by atoms with van der Waals surface area (Å²) < 4.78 is 13.9. The third-order valence-corrected chi connectivity index (χ3v) is 7.93. The Morgan fingerprint density at radius 2 is 1.38 bits per heavy atom. The van der Waals surface area contributed by atoms with Crippen LogP contribution in [-0.2, 0) is 0 Å². The third kappa shape index (κ3) is 4.42. The van der Waals surface area contributed by atoms with Gasteiger partial charge in [-0.2, -0.15) is 10.2 Å². The van der Waals surface area contributed by atoms with Crippen molar-refractivity contribution >= 4 is 47.6 Å². The van der Waals surface area contributed by atoms with Crippen molar-refractivity contribution in [3.05, 3.63) is 89.8 Å². The van der Waals surface area contributed by atoms with E-state index in [4.69, 9.17) is 32.0 Å². The Morgan fingerprint density at radius 1 is 0.765 bits per heavy atom. The van der Waals surface area contributed by atoms with Crippen molar-refractivity contribution in [1.29, 1.82) is 0 Å². The van der Waals surface area contributed by atoms with Gasteiger partial charge in [-0.3, -0.25) is 0 Å². The molecule has 0 bridgehead atoms. The molecule has 0 aliphatic rings. The van der Waals surface area contributed by atoms with Crippen molar-refractivity contribution in [2.24, 2.45) is 0 Å². The number of hydrogen-bond donors (Lipinski definition) is 0. The Kier molecular flexibility index (Phi) is 5.85. The number of halogens is 2. The minimum Gasteiger partial charge on any atom is -0.472 e. The van der Waals surface area contributed by atoms with Crippen molar-refractivity contribution in [3.63, 3.8) is 0 Å². The van der Waals surface area contributed by atoms with Gasteiger partial charge in [0.25, 0.3) is 0 Å². The van der Waals surface area contributed by atoms with Crippen LogP contribution in [0.5, 0.6) is 0 Å². The second kappa shape index (κ2) is 8.83. The van der Waals surface area contributed by atoms with Crippen molar-refractivity contribution in [3.8, 4) is 22.5 Å². The second-order valence-corrected chi connectivity index (χ2v) is 14.7. The topological polar surface area (TPSA) is 60.9 Å². The molecular formula is C25H22Cl2N4O2Si. The number of hydrogen-bond acceptors (Lipinski definition) is 4. The molecule has 9 heteroatoms. The van der Waals surface area contributed by atoms with Crippen LogP contribution < -0.4 is 5.32 Å². The fourth-order valence-corrected chi connectivity index (χ4v) is 6.54. The monoisotopic (exact) mass is 508 g/mol. The van der Waals surface area contributed by atoms with Crippen LogP contribution in [0.15, 0.2) is 88.6 Å². The van der Waals surface area contributed by atoms with Gasteiger partial charge in [-0.1, -0.05) is 42.8 Å². The molecular weight excluding hydrogens is 487 g/mol. The highest BCUT2D eigenvalue weighted by molar-refractivity contribution is 6.89. The van der Waals surface area contributed by atoms with Gasteiger partial charge in [-0.25, -0.2) is 9.03 Å². The predicted molar refractivity (Wildman–Crippen MR) is 139 cm³/mol. The fraction of sp³-hybridized carbons (Fsp3) is 0.120. The summed E-state index contributed by atoms with van der Waals surface area (Å²) in [5.41, 5.74) is 5.83. The van der Waals surface area contributed by atoms with Crippen LogP contribution >= 0.6 is 23.2 Å². The molecule has 0 aliphatic carbocycles. The van der Waals surface area contributed by atoms with E-state index in [1.807, 2.05) is 47.0 Å². The molecule has 0 radical (unpaired) electrons. The molecule has 6 nitrogen and oxygen atoms in total. The maximum absolute atomic E-state index is 6.38. The molecule has 0 fully saturated rings. The quantitative estimate of drug-likeness (QED) is 0.240. The summed E-state index contributed by atoms with van der Waals surface area (Å²) in [6.45, 7) is 6.81. The summed E-state index contributed by atoms with van der Waals surface area (Å²) in [5, 5.41) is 11.7. The van der Waals surface area contributed by atoms with E-state index in [1.165, 1.54) is 0 Å². The zero-order valence-corrected chi connectivity index (χ0v) is 21.4. The van der Waals surface area contributed by atoms with Crippen LogP contribution in [0.2, 0.25) is 29.7 Å². The van der Waals surface area contributed by atoms with E-state index in [9.17, 15) is 0 Å². The zero-order chi connectivity index (χ0) is 23.9. The van der Waals surface area contributed by atoms with Gasteiger partial charge in [0.2, 0.25) is 0 Å². The minimum absolute atomic E-state index is 0.671. The predicted octanol–water partition coefficient (Wildman–Crippen LogP) is 7.04. The van der Waals surface area contributed by atoms with Crippen molar-refractivity contribution < 1.29 is 8.83 Å². The van der Waals surface area contributed by atoms with Crippen molar-refractivity contribution in [2.45, 2.75) is 19.6 Å². The lowest BCUT2D eigenvalue weighted by Crippen LogP contribution is -2.43. The Balaban J connectivity index is 0.000000145. The number of pyridine rings is 2. The van der Waals surface area contributed by atoms with Crippen LogP contribution in [0.4, 0.5) is 0 Å². The maximum Gasteiger partial charge on any atom is 0.103 e. The molecule has 0 aromatic carbocycles. The highest BCUT2D eigenvalue weighted by Crippen LogP contribution is 2.23. The van der Waals surface area contributed by atoms with Gasteiger partial charge in [0, 0.05) is 22.6 Å². The van der Waals surface area contributed by atoms with Crippen molar-refractivity contribution in [2.75, 3.05) is 0 Å². The minimum atomic E-state index is -1.57. The summed E-state index contributed by atoms with van der Waals surface area (Å²) >= 11 is 12.3.